The lowest BCUT2D eigenvalue weighted by Gasteiger charge is -2.35. The van der Waals surface area contributed by atoms with Crippen molar-refractivity contribution < 1.29 is 29.9 Å². The first-order valence-electron chi connectivity index (χ1n) is 10.8. The smallest absolute Gasteiger partial charge is 0.179 e. The molecule has 0 aliphatic carbocycles. The molecular weight excluding hydrogens is 442 g/mol. The summed E-state index contributed by atoms with van der Waals surface area (Å²) in [7, 11) is 0. The predicted molar refractivity (Wildman–Crippen MR) is 122 cm³/mol. The highest BCUT2D eigenvalue weighted by Gasteiger charge is 2.56. The van der Waals surface area contributed by atoms with Crippen LogP contribution in [0.15, 0.2) is 55.1 Å². The third kappa shape index (κ3) is 3.63. The van der Waals surface area contributed by atoms with Gasteiger partial charge in [-0.15, -0.1) is 0 Å². The van der Waals surface area contributed by atoms with E-state index >= 15 is 0 Å². The number of hydrogen-bond acceptors (Lipinski definition) is 10. The average molecular weight is 467 g/mol. The van der Waals surface area contributed by atoms with Crippen LogP contribution >= 0.6 is 0 Å². The highest BCUT2D eigenvalue weighted by molar-refractivity contribution is 5.88. The number of fused-ring (bicyclic) bond motifs is 2. The van der Waals surface area contributed by atoms with E-state index in [0.29, 0.717) is 5.75 Å². The fourth-order valence-electron chi connectivity index (χ4n) is 4.52. The van der Waals surface area contributed by atoms with E-state index in [1.807, 2.05) is 36.4 Å². The number of aliphatic hydroxyl groups is 4. The fourth-order valence-corrected chi connectivity index (χ4v) is 4.52. The van der Waals surface area contributed by atoms with E-state index in [-0.39, 0.29) is 30.0 Å². The topological polar surface area (TPSA) is 169 Å². The van der Waals surface area contributed by atoms with Crippen LogP contribution in [0.5, 0.6) is 5.75 Å². The largest absolute Gasteiger partial charge is 0.490 e. The Hall–Kier alpha value is -3.35. The lowest BCUT2D eigenvalue weighted by atomic mass is 9.96. The molecule has 11 heteroatoms. The van der Waals surface area contributed by atoms with Gasteiger partial charge in [-0.2, -0.15) is 0 Å². The van der Waals surface area contributed by atoms with Gasteiger partial charge in [0.15, 0.2) is 17.2 Å². The van der Waals surface area contributed by atoms with E-state index in [9.17, 15) is 20.4 Å². The van der Waals surface area contributed by atoms with Gasteiger partial charge in [-0.05, 0) is 11.5 Å². The number of aliphatic hydroxyl groups excluding tert-OH is 4. The standard InChI is InChI=1S/C23H25N5O6/c24-21-18-22(26-11-25-21)28(12-27-18)23(20(32)19(31)17(9-29)34-23)8-14(30)10-33-16-7-3-5-13-4-1-2-6-15(13)16/h1-7,11-12,14,17,19-20,29-32H,8-10H2,(H2,24,25,26)/t14?,17-,19-,20-,23-/m1/s1. The summed E-state index contributed by atoms with van der Waals surface area (Å²) in [5, 5.41) is 44.1. The molecule has 4 aromatic rings. The Balaban J connectivity index is 1.46. The Morgan fingerprint density at radius 3 is 2.71 bits per heavy atom. The molecule has 34 heavy (non-hydrogen) atoms. The number of nitrogens with zero attached hydrogens (tertiary/aromatic N) is 4. The first kappa shape index (κ1) is 22.4. The molecule has 1 aliphatic rings. The predicted octanol–water partition coefficient (Wildman–Crippen LogP) is 0.157. The summed E-state index contributed by atoms with van der Waals surface area (Å²) in [4.78, 5) is 12.3. The monoisotopic (exact) mass is 467 g/mol. The number of rotatable bonds is 7. The normalized spacial score (nSPS) is 25.7. The van der Waals surface area contributed by atoms with Gasteiger partial charge >= 0.3 is 0 Å². The lowest BCUT2D eigenvalue weighted by Crippen LogP contribution is -2.48. The number of anilines is 1. The molecule has 1 aliphatic heterocycles. The van der Waals surface area contributed by atoms with E-state index in [0.717, 1.165) is 10.8 Å². The van der Waals surface area contributed by atoms with Gasteiger partial charge in [0.25, 0.3) is 0 Å². The molecule has 11 nitrogen and oxygen atoms in total. The first-order chi connectivity index (χ1) is 16.4. The SMILES string of the molecule is Nc1ncnc2c1ncn2[C@]1(CC(O)COc2cccc3ccccc23)O[C@H](CO)[C@@H](O)[C@H]1O. The summed E-state index contributed by atoms with van der Waals surface area (Å²) in [5.41, 5.74) is 4.73. The Bertz CT molecular complexity index is 1310. The van der Waals surface area contributed by atoms with Gasteiger partial charge in [0.05, 0.1) is 19.0 Å². The quantitative estimate of drug-likeness (QED) is 0.252. The zero-order valence-corrected chi connectivity index (χ0v) is 18.1. The van der Waals surface area contributed by atoms with Crippen LogP contribution in [-0.2, 0) is 10.5 Å². The minimum Gasteiger partial charge on any atom is -0.490 e. The number of hydrogen-bond donors (Lipinski definition) is 5. The number of nitrogen functional groups attached to an aromatic ring is 1. The molecule has 0 bridgehead atoms. The van der Waals surface area contributed by atoms with Gasteiger partial charge in [0.2, 0.25) is 0 Å². The van der Waals surface area contributed by atoms with Crippen molar-refractivity contribution in [2.24, 2.45) is 0 Å². The molecule has 1 unspecified atom stereocenters. The maximum Gasteiger partial charge on any atom is 0.179 e. The number of ether oxygens (including phenoxy) is 2. The molecule has 6 N–H and O–H groups in total. The number of imidazole rings is 1. The van der Waals surface area contributed by atoms with Crippen molar-refractivity contribution in [2.45, 2.75) is 36.6 Å². The summed E-state index contributed by atoms with van der Waals surface area (Å²) >= 11 is 0. The van der Waals surface area contributed by atoms with Gasteiger partial charge in [-0.25, -0.2) is 15.0 Å². The first-order valence-corrected chi connectivity index (χ1v) is 10.8. The molecule has 0 spiro atoms. The fraction of sp³-hybridized carbons (Fsp3) is 0.348. The Labute approximate surface area is 194 Å². The van der Waals surface area contributed by atoms with E-state index in [1.165, 1.54) is 17.2 Å². The molecule has 1 fully saturated rings. The van der Waals surface area contributed by atoms with Gasteiger partial charge in [0, 0.05) is 11.8 Å². The van der Waals surface area contributed by atoms with E-state index in [2.05, 4.69) is 15.0 Å². The van der Waals surface area contributed by atoms with Gasteiger partial charge in [-0.1, -0.05) is 36.4 Å². The molecular formula is C23H25N5O6. The van der Waals surface area contributed by atoms with Crippen LogP contribution in [0, 0.1) is 0 Å². The van der Waals surface area contributed by atoms with E-state index < -0.39 is 36.7 Å². The van der Waals surface area contributed by atoms with Crippen LogP contribution in [0.3, 0.4) is 0 Å². The Morgan fingerprint density at radius 1 is 1.12 bits per heavy atom. The third-order valence-electron chi connectivity index (χ3n) is 6.18. The second-order valence-electron chi connectivity index (χ2n) is 8.31. The highest BCUT2D eigenvalue weighted by Crippen LogP contribution is 2.41. The third-order valence-corrected chi connectivity index (χ3v) is 6.18. The summed E-state index contributed by atoms with van der Waals surface area (Å²) in [6, 6.07) is 13.3. The number of aromatic nitrogens is 4. The van der Waals surface area contributed by atoms with Gasteiger partial charge in [0.1, 0.15) is 42.5 Å². The Morgan fingerprint density at radius 2 is 1.91 bits per heavy atom. The van der Waals surface area contributed by atoms with E-state index in [4.69, 9.17) is 15.2 Å². The van der Waals surface area contributed by atoms with Crippen molar-refractivity contribution in [1.82, 2.24) is 19.5 Å². The second-order valence-corrected chi connectivity index (χ2v) is 8.31. The summed E-state index contributed by atoms with van der Waals surface area (Å²) in [6.07, 6.45) is -2.73. The molecule has 5 atom stereocenters. The molecule has 3 heterocycles. The van der Waals surface area contributed by atoms with E-state index in [1.54, 1.807) is 6.07 Å². The average Bonchev–Trinajstić information content (AvgIpc) is 3.39. The number of nitrogens with two attached hydrogens (primary N) is 1. The van der Waals surface area contributed by atoms with Crippen LogP contribution < -0.4 is 10.5 Å². The van der Waals surface area contributed by atoms with Gasteiger partial charge < -0.3 is 35.6 Å². The highest BCUT2D eigenvalue weighted by atomic mass is 16.6. The van der Waals surface area contributed by atoms with Crippen molar-refractivity contribution >= 4 is 27.8 Å². The lowest BCUT2D eigenvalue weighted by molar-refractivity contribution is -0.167. The van der Waals surface area contributed by atoms with Crippen LogP contribution in [0.2, 0.25) is 0 Å². The van der Waals surface area contributed by atoms with Crippen molar-refractivity contribution in [3.05, 3.63) is 55.1 Å². The van der Waals surface area contributed by atoms with Gasteiger partial charge in [-0.3, -0.25) is 4.57 Å². The van der Waals surface area contributed by atoms with Crippen LogP contribution in [-0.4, -0.2) is 77.6 Å². The zero-order valence-electron chi connectivity index (χ0n) is 18.1. The van der Waals surface area contributed by atoms with Crippen LogP contribution in [0.25, 0.3) is 21.9 Å². The van der Waals surface area contributed by atoms with Crippen molar-refractivity contribution in [1.29, 1.82) is 0 Å². The minimum absolute atomic E-state index is 0.116. The van der Waals surface area contributed by atoms with Crippen molar-refractivity contribution in [3.63, 3.8) is 0 Å². The maximum absolute atomic E-state index is 11.0. The summed E-state index contributed by atoms with van der Waals surface area (Å²) in [5.74, 6) is 0.728. The molecule has 2 aromatic carbocycles. The van der Waals surface area contributed by atoms with Crippen LogP contribution in [0.1, 0.15) is 6.42 Å². The number of benzene rings is 2. The maximum atomic E-state index is 11.0. The molecule has 178 valence electrons. The Kier molecular flexibility index (Phi) is 5.80. The van der Waals surface area contributed by atoms with Crippen molar-refractivity contribution in [2.75, 3.05) is 18.9 Å². The van der Waals surface area contributed by atoms with Crippen LogP contribution in [0.4, 0.5) is 5.82 Å². The molecule has 2 aromatic heterocycles. The second kappa shape index (κ2) is 8.78. The molecule has 1 saturated heterocycles. The minimum atomic E-state index is -1.69. The van der Waals surface area contributed by atoms with Crippen molar-refractivity contribution in [3.8, 4) is 5.75 Å². The zero-order chi connectivity index (χ0) is 23.9. The summed E-state index contributed by atoms with van der Waals surface area (Å²) < 4.78 is 13.3. The molecule has 0 radical (unpaired) electrons. The molecule has 0 saturated carbocycles. The molecule has 5 rings (SSSR count). The molecule has 0 amide bonds. The summed E-state index contributed by atoms with van der Waals surface area (Å²) in [6.45, 7) is -0.651.